The van der Waals surface area contributed by atoms with E-state index in [4.69, 9.17) is 4.74 Å². The van der Waals surface area contributed by atoms with E-state index in [1.807, 2.05) is 25.1 Å². The van der Waals surface area contributed by atoms with Crippen LogP contribution in [0.15, 0.2) is 18.2 Å². The molecular formula is C16H25N3O2. The molecule has 0 fully saturated rings. The fraction of sp³-hybridized carbons (Fsp3) is 0.562. The van der Waals surface area contributed by atoms with Crippen molar-refractivity contribution in [1.29, 1.82) is 0 Å². The second-order valence-corrected chi connectivity index (χ2v) is 5.08. The van der Waals surface area contributed by atoms with Crippen LogP contribution in [0, 0.1) is 0 Å². The SMILES string of the molecule is CCOC(=O)c1ccc2c(c1)N(CCN(CC)CC)CN2. The molecule has 0 aliphatic carbocycles. The molecule has 1 aromatic carbocycles. The van der Waals surface area contributed by atoms with Crippen LogP contribution in [0.4, 0.5) is 11.4 Å². The van der Waals surface area contributed by atoms with Gasteiger partial charge in [-0.1, -0.05) is 13.8 Å². The summed E-state index contributed by atoms with van der Waals surface area (Å²) in [5.41, 5.74) is 2.79. The van der Waals surface area contributed by atoms with Gasteiger partial charge in [-0.25, -0.2) is 4.79 Å². The van der Waals surface area contributed by atoms with Gasteiger partial charge >= 0.3 is 5.97 Å². The van der Waals surface area contributed by atoms with Crippen molar-refractivity contribution < 1.29 is 9.53 Å². The third-order valence-corrected chi connectivity index (χ3v) is 3.89. The number of rotatable bonds is 7. The third-order valence-electron chi connectivity index (χ3n) is 3.89. The number of nitrogens with one attached hydrogen (secondary N) is 1. The molecule has 0 radical (unpaired) electrons. The fourth-order valence-electron chi connectivity index (χ4n) is 2.55. The van der Waals surface area contributed by atoms with Crippen LogP contribution in [0.1, 0.15) is 31.1 Å². The summed E-state index contributed by atoms with van der Waals surface area (Å²) in [5.74, 6) is -0.254. The average Bonchev–Trinajstić information content (AvgIpc) is 2.91. The predicted octanol–water partition coefficient (Wildman–Crippen LogP) is 2.39. The van der Waals surface area contributed by atoms with E-state index in [1.54, 1.807) is 0 Å². The highest BCUT2D eigenvalue weighted by atomic mass is 16.5. The lowest BCUT2D eigenvalue weighted by molar-refractivity contribution is 0.0526. The molecule has 5 heteroatoms. The first kappa shape index (κ1) is 15.6. The number of ether oxygens (including phenoxy) is 1. The van der Waals surface area contributed by atoms with Crippen molar-refractivity contribution >= 4 is 17.3 Å². The molecule has 0 unspecified atom stereocenters. The maximum atomic E-state index is 11.8. The highest BCUT2D eigenvalue weighted by molar-refractivity contribution is 5.93. The van der Waals surface area contributed by atoms with E-state index in [2.05, 4.69) is 29.0 Å². The number of fused-ring (bicyclic) bond motifs is 1. The molecule has 0 saturated carbocycles. The van der Waals surface area contributed by atoms with Gasteiger partial charge in [-0.3, -0.25) is 0 Å². The lowest BCUT2D eigenvalue weighted by Crippen LogP contribution is -2.35. The fourth-order valence-corrected chi connectivity index (χ4v) is 2.55. The van der Waals surface area contributed by atoms with Gasteiger partial charge in [0.1, 0.15) is 0 Å². The quantitative estimate of drug-likeness (QED) is 0.782. The summed E-state index contributed by atoms with van der Waals surface area (Å²) in [6.45, 7) is 11.5. The van der Waals surface area contributed by atoms with Crippen LogP contribution >= 0.6 is 0 Å². The zero-order valence-corrected chi connectivity index (χ0v) is 13.2. The van der Waals surface area contributed by atoms with Gasteiger partial charge in [0.05, 0.1) is 30.2 Å². The normalized spacial score (nSPS) is 13.2. The molecule has 1 aromatic rings. The van der Waals surface area contributed by atoms with E-state index < -0.39 is 0 Å². The van der Waals surface area contributed by atoms with Crippen molar-refractivity contribution in [1.82, 2.24) is 4.90 Å². The summed E-state index contributed by atoms with van der Waals surface area (Å²) in [5, 5.41) is 3.36. The van der Waals surface area contributed by atoms with E-state index in [0.29, 0.717) is 12.2 Å². The number of carbonyl (C=O) groups is 1. The van der Waals surface area contributed by atoms with E-state index >= 15 is 0 Å². The van der Waals surface area contributed by atoms with Crippen LogP contribution in [-0.2, 0) is 4.74 Å². The minimum Gasteiger partial charge on any atom is -0.462 e. The van der Waals surface area contributed by atoms with Gasteiger partial charge in [-0.05, 0) is 38.2 Å². The molecule has 1 heterocycles. The van der Waals surface area contributed by atoms with Gasteiger partial charge in [0.25, 0.3) is 0 Å². The first-order chi connectivity index (χ1) is 10.2. The van der Waals surface area contributed by atoms with Gasteiger partial charge in [0.15, 0.2) is 0 Å². The summed E-state index contributed by atoms with van der Waals surface area (Å²) in [6.07, 6.45) is 0. The second kappa shape index (κ2) is 7.31. The Morgan fingerprint density at radius 1 is 1.33 bits per heavy atom. The lowest BCUT2D eigenvalue weighted by atomic mass is 10.1. The Kier molecular flexibility index (Phi) is 5.44. The number of nitrogens with zero attached hydrogens (tertiary/aromatic N) is 2. The van der Waals surface area contributed by atoms with E-state index in [9.17, 15) is 4.79 Å². The van der Waals surface area contributed by atoms with Crippen molar-refractivity contribution in [2.24, 2.45) is 0 Å². The van der Waals surface area contributed by atoms with Crippen LogP contribution in [0.5, 0.6) is 0 Å². The van der Waals surface area contributed by atoms with Crippen molar-refractivity contribution in [3.05, 3.63) is 23.8 Å². The van der Waals surface area contributed by atoms with Crippen molar-refractivity contribution in [3.63, 3.8) is 0 Å². The first-order valence-corrected chi connectivity index (χ1v) is 7.71. The Labute approximate surface area is 126 Å². The molecule has 0 saturated heterocycles. The molecule has 5 nitrogen and oxygen atoms in total. The largest absolute Gasteiger partial charge is 0.462 e. The predicted molar refractivity (Wildman–Crippen MR) is 86.0 cm³/mol. The van der Waals surface area contributed by atoms with Gasteiger partial charge in [0.2, 0.25) is 0 Å². The molecule has 0 spiro atoms. The minimum atomic E-state index is -0.254. The standard InChI is InChI=1S/C16H25N3O2/c1-4-18(5-2)9-10-19-12-17-14-8-7-13(11-15(14)19)16(20)21-6-3/h7-8,11,17H,4-6,9-10,12H2,1-3H3. The van der Waals surface area contributed by atoms with Crippen molar-refractivity contribution in [3.8, 4) is 0 Å². The molecule has 0 bridgehead atoms. The van der Waals surface area contributed by atoms with Gasteiger partial charge in [-0.15, -0.1) is 0 Å². The second-order valence-electron chi connectivity index (χ2n) is 5.08. The minimum absolute atomic E-state index is 0.254. The first-order valence-electron chi connectivity index (χ1n) is 7.71. The Hall–Kier alpha value is -1.75. The summed E-state index contributed by atoms with van der Waals surface area (Å²) >= 11 is 0. The summed E-state index contributed by atoms with van der Waals surface area (Å²) < 4.78 is 5.07. The van der Waals surface area contributed by atoms with E-state index in [1.165, 1.54) is 0 Å². The number of benzene rings is 1. The highest BCUT2D eigenvalue weighted by Gasteiger charge is 2.20. The van der Waals surface area contributed by atoms with Gasteiger partial charge < -0.3 is 19.9 Å². The van der Waals surface area contributed by atoms with Crippen molar-refractivity contribution in [2.45, 2.75) is 20.8 Å². The molecule has 0 aromatic heterocycles. The van der Waals surface area contributed by atoms with E-state index in [0.717, 1.165) is 44.2 Å². The van der Waals surface area contributed by atoms with Crippen molar-refractivity contribution in [2.75, 3.05) is 49.7 Å². The smallest absolute Gasteiger partial charge is 0.338 e. The molecular weight excluding hydrogens is 266 g/mol. The Bertz CT molecular complexity index is 486. The number of carbonyl (C=O) groups excluding carboxylic acids is 1. The molecule has 2 rings (SSSR count). The molecule has 1 aliphatic rings. The highest BCUT2D eigenvalue weighted by Crippen LogP contribution is 2.32. The molecule has 21 heavy (non-hydrogen) atoms. The van der Waals surface area contributed by atoms with Crippen LogP contribution < -0.4 is 10.2 Å². The number of hydrogen-bond acceptors (Lipinski definition) is 5. The number of hydrogen-bond donors (Lipinski definition) is 1. The zero-order valence-electron chi connectivity index (χ0n) is 13.2. The third kappa shape index (κ3) is 3.67. The van der Waals surface area contributed by atoms with Crippen LogP contribution in [0.25, 0.3) is 0 Å². The summed E-state index contributed by atoms with van der Waals surface area (Å²) in [4.78, 5) is 16.5. The summed E-state index contributed by atoms with van der Waals surface area (Å²) in [6, 6.07) is 5.70. The number of likely N-dealkylation sites (N-methyl/N-ethyl adjacent to an activating group) is 1. The van der Waals surface area contributed by atoms with E-state index in [-0.39, 0.29) is 5.97 Å². The molecule has 0 atom stereocenters. The topological polar surface area (TPSA) is 44.8 Å². The Balaban J connectivity index is 2.07. The average molecular weight is 291 g/mol. The molecule has 1 N–H and O–H groups in total. The molecule has 1 aliphatic heterocycles. The number of anilines is 2. The van der Waals surface area contributed by atoms with Crippen LogP contribution in [-0.4, -0.2) is 50.3 Å². The molecule has 116 valence electrons. The maximum Gasteiger partial charge on any atom is 0.338 e. The van der Waals surface area contributed by atoms with Gasteiger partial charge in [-0.2, -0.15) is 0 Å². The Morgan fingerprint density at radius 3 is 2.76 bits per heavy atom. The summed E-state index contributed by atoms with van der Waals surface area (Å²) in [7, 11) is 0. The van der Waals surface area contributed by atoms with Crippen LogP contribution in [0.3, 0.4) is 0 Å². The zero-order chi connectivity index (χ0) is 15.2. The van der Waals surface area contributed by atoms with Gasteiger partial charge in [0, 0.05) is 13.1 Å². The monoisotopic (exact) mass is 291 g/mol. The molecule has 0 amide bonds. The van der Waals surface area contributed by atoms with Crippen LogP contribution in [0.2, 0.25) is 0 Å². The Morgan fingerprint density at radius 2 is 2.10 bits per heavy atom. The number of esters is 1. The lowest BCUT2D eigenvalue weighted by Gasteiger charge is -2.24. The maximum absolute atomic E-state index is 11.8.